The number of hydrogen-bond acceptors (Lipinski definition) is 4. The first kappa shape index (κ1) is 13.5. The maximum atomic E-state index is 9.15. The average Bonchev–Trinajstić information content (AvgIpc) is 2.49. The summed E-state index contributed by atoms with van der Waals surface area (Å²) in [4.78, 5) is 0. The van der Waals surface area contributed by atoms with Crippen molar-refractivity contribution in [3.05, 3.63) is 53.1 Å². The fraction of sp³-hybridized carbons (Fsp3) is 0.125. The highest BCUT2D eigenvalue weighted by Crippen LogP contribution is 2.27. The molecule has 0 saturated carbocycles. The fourth-order valence-corrected chi connectivity index (χ4v) is 1.82. The molecule has 0 aliphatic heterocycles. The van der Waals surface area contributed by atoms with Crippen molar-refractivity contribution in [3.8, 4) is 17.9 Å². The van der Waals surface area contributed by atoms with Crippen LogP contribution in [0.15, 0.2) is 36.4 Å². The molecular weight excluding hydrogens is 250 g/mol. The first-order chi connectivity index (χ1) is 9.67. The average molecular weight is 263 g/mol. The third-order valence-electron chi connectivity index (χ3n) is 2.98. The summed E-state index contributed by atoms with van der Waals surface area (Å²) in [7, 11) is 1.58. The van der Waals surface area contributed by atoms with E-state index in [9.17, 15) is 0 Å². The second kappa shape index (κ2) is 5.77. The molecule has 0 aliphatic carbocycles. The third kappa shape index (κ3) is 2.71. The van der Waals surface area contributed by atoms with Crippen LogP contribution in [0.5, 0.6) is 5.75 Å². The Hall–Kier alpha value is -2.98. The van der Waals surface area contributed by atoms with Crippen molar-refractivity contribution < 1.29 is 4.74 Å². The van der Waals surface area contributed by atoms with Gasteiger partial charge in [-0.15, -0.1) is 0 Å². The Morgan fingerprint density at radius 3 is 2.45 bits per heavy atom. The van der Waals surface area contributed by atoms with Crippen molar-refractivity contribution >= 4 is 11.4 Å². The SMILES string of the molecule is COc1ccc(C#N)c(Nc2cc(C#N)ccc2C)c1. The van der Waals surface area contributed by atoms with Crippen LogP contribution in [-0.4, -0.2) is 7.11 Å². The first-order valence-electron chi connectivity index (χ1n) is 6.04. The van der Waals surface area contributed by atoms with Gasteiger partial charge in [-0.25, -0.2) is 0 Å². The molecule has 0 atom stereocenters. The van der Waals surface area contributed by atoms with Gasteiger partial charge >= 0.3 is 0 Å². The molecule has 0 aromatic heterocycles. The Labute approximate surface area is 117 Å². The minimum atomic E-state index is 0.521. The molecule has 0 bridgehead atoms. The van der Waals surface area contributed by atoms with Crippen molar-refractivity contribution in [3.63, 3.8) is 0 Å². The molecule has 0 fully saturated rings. The Bertz CT molecular complexity index is 723. The number of nitrogens with one attached hydrogen (secondary N) is 1. The van der Waals surface area contributed by atoms with Crippen LogP contribution in [0.25, 0.3) is 0 Å². The summed E-state index contributed by atoms with van der Waals surface area (Å²) in [6, 6.07) is 14.8. The smallest absolute Gasteiger partial charge is 0.121 e. The van der Waals surface area contributed by atoms with E-state index in [1.807, 2.05) is 13.0 Å². The lowest BCUT2D eigenvalue weighted by molar-refractivity contribution is 0.415. The zero-order chi connectivity index (χ0) is 14.5. The van der Waals surface area contributed by atoms with E-state index in [1.165, 1.54) is 0 Å². The minimum Gasteiger partial charge on any atom is -0.497 e. The molecule has 0 saturated heterocycles. The van der Waals surface area contributed by atoms with Gasteiger partial charge < -0.3 is 10.1 Å². The molecule has 2 aromatic rings. The Kier molecular flexibility index (Phi) is 3.88. The standard InChI is InChI=1S/C16H13N3O/c1-11-3-4-12(9-17)7-15(11)19-16-8-14(20-2)6-5-13(16)10-18/h3-8,19H,1-2H3. The number of hydrogen-bond donors (Lipinski definition) is 1. The van der Waals surface area contributed by atoms with Crippen molar-refractivity contribution in [1.82, 2.24) is 0 Å². The molecule has 4 heteroatoms. The predicted molar refractivity (Wildman–Crippen MR) is 76.9 cm³/mol. The number of benzene rings is 2. The molecule has 20 heavy (non-hydrogen) atoms. The lowest BCUT2D eigenvalue weighted by atomic mass is 10.1. The van der Waals surface area contributed by atoms with Crippen molar-refractivity contribution in [2.75, 3.05) is 12.4 Å². The molecule has 0 heterocycles. The van der Waals surface area contributed by atoms with Gasteiger partial charge in [0.25, 0.3) is 0 Å². The quantitative estimate of drug-likeness (QED) is 0.920. The summed E-state index contributed by atoms with van der Waals surface area (Å²) in [6.07, 6.45) is 0. The molecule has 4 nitrogen and oxygen atoms in total. The van der Waals surface area contributed by atoms with Gasteiger partial charge in [0, 0.05) is 11.8 Å². The summed E-state index contributed by atoms with van der Waals surface area (Å²) in [5, 5.41) is 21.3. The number of ether oxygens (including phenoxy) is 1. The highest BCUT2D eigenvalue weighted by atomic mass is 16.5. The van der Waals surface area contributed by atoms with Gasteiger partial charge in [-0.3, -0.25) is 0 Å². The van der Waals surface area contributed by atoms with Crippen LogP contribution in [0, 0.1) is 29.6 Å². The van der Waals surface area contributed by atoms with E-state index < -0.39 is 0 Å². The summed E-state index contributed by atoms with van der Waals surface area (Å²) in [6.45, 7) is 1.94. The molecule has 0 spiro atoms. The van der Waals surface area contributed by atoms with Crippen LogP contribution in [0.4, 0.5) is 11.4 Å². The van der Waals surface area contributed by atoms with E-state index >= 15 is 0 Å². The molecule has 2 rings (SSSR count). The van der Waals surface area contributed by atoms with Crippen LogP contribution in [-0.2, 0) is 0 Å². The summed E-state index contributed by atoms with van der Waals surface area (Å²) < 4.78 is 5.17. The second-order valence-electron chi connectivity index (χ2n) is 4.29. The number of methoxy groups -OCH3 is 1. The highest BCUT2D eigenvalue weighted by molar-refractivity contribution is 5.70. The lowest BCUT2D eigenvalue weighted by Crippen LogP contribution is -1.97. The molecule has 0 aliphatic rings. The maximum Gasteiger partial charge on any atom is 0.121 e. The number of aryl methyl sites for hydroxylation is 1. The van der Waals surface area contributed by atoms with E-state index in [0.29, 0.717) is 22.6 Å². The van der Waals surface area contributed by atoms with Gasteiger partial charge in [0.05, 0.1) is 30.0 Å². The summed E-state index contributed by atoms with van der Waals surface area (Å²) in [5.41, 5.74) is 3.54. The van der Waals surface area contributed by atoms with Gasteiger partial charge in [-0.05, 0) is 36.8 Å². The largest absolute Gasteiger partial charge is 0.497 e. The summed E-state index contributed by atoms with van der Waals surface area (Å²) in [5.74, 6) is 0.667. The van der Waals surface area contributed by atoms with E-state index in [4.69, 9.17) is 15.3 Å². The molecule has 0 unspecified atom stereocenters. The highest BCUT2D eigenvalue weighted by Gasteiger charge is 2.07. The Morgan fingerprint density at radius 2 is 1.80 bits per heavy atom. The molecule has 0 radical (unpaired) electrons. The van der Waals surface area contributed by atoms with Crippen LogP contribution < -0.4 is 10.1 Å². The van der Waals surface area contributed by atoms with Gasteiger partial charge in [-0.2, -0.15) is 10.5 Å². The number of nitriles is 2. The van der Waals surface area contributed by atoms with E-state index in [1.54, 1.807) is 37.4 Å². The summed E-state index contributed by atoms with van der Waals surface area (Å²) >= 11 is 0. The zero-order valence-corrected chi connectivity index (χ0v) is 11.3. The number of anilines is 2. The lowest BCUT2D eigenvalue weighted by Gasteiger charge is -2.12. The van der Waals surface area contributed by atoms with Crippen molar-refractivity contribution in [2.24, 2.45) is 0 Å². The van der Waals surface area contributed by atoms with Crippen LogP contribution >= 0.6 is 0 Å². The zero-order valence-electron chi connectivity index (χ0n) is 11.3. The Balaban J connectivity index is 2.44. The minimum absolute atomic E-state index is 0.521. The number of rotatable bonds is 3. The normalized spacial score (nSPS) is 9.40. The molecule has 0 amide bonds. The molecule has 1 N–H and O–H groups in total. The third-order valence-corrected chi connectivity index (χ3v) is 2.98. The second-order valence-corrected chi connectivity index (χ2v) is 4.29. The van der Waals surface area contributed by atoms with Gasteiger partial charge in [0.15, 0.2) is 0 Å². The van der Waals surface area contributed by atoms with E-state index in [2.05, 4.69) is 17.5 Å². The molecule has 2 aromatic carbocycles. The van der Waals surface area contributed by atoms with Gasteiger partial charge in [0.2, 0.25) is 0 Å². The predicted octanol–water partition coefficient (Wildman–Crippen LogP) is 3.49. The first-order valence-corrected chi connectivity index (χ1v) is 6.04. The van der Waals surface area contributed by atoms with E-state index in [0.717, 1.165) is 11.3 Å². The van der Waals surface area contributed by atoms with Crippen LogP contribution in [0.2, 0.25) is 0 Å². The van der Waals surface area contributed by atoms with Crippen LogP contribution in [0.3, 0.4) is 0 Å². The monoisotopic (exact) mass is 263 g/mol. The molecular formula is C16H13N3O. The van der Waals surface area contributed by atoms with Crippen molar-refractivity contribution in [1.29, 1.82) is 10.5 Å². The van der Waals surface area contributed by atoms with Crippen molar-refractivity contribution in [2.45, 2.75) is 6.92 Å². The van der Waals surface area contributed by atoms with Gasteiger partial charge in [-0.1, -0.05) is 6.07 Å². The number of nitrogens with zero attached hydrogens (tertiary/aromatic N) is 2. The van der Waals surface area contributed by atoms with Gasteiger partial charge in [0.1, 0.15) is 11.8 Å². The molecule has 98 valence electrons. The maximum absolute atomic E-state index is 9.15. The van der Waals surface area contributed by atoms with Crippen LogP contribution in [0.1, 0.15) is 16.7 Å². The Morgan fingerprint density at radius 1 is 1.00 bits per heavy atom. The van der Waals surface area contributed by atoms with E-state index in [-0.39, 0.29) is 0 Å². The fourth-order valence-electron chi connectivity index (χ4n) is 1.82. The topological polar surface area (TPSA) is 68.8 Å².